The average Bonchev–Trinajstić information content (AvgIpc) is 2.78. The fourth-order valence-electron chi connectivity index (χ4n) is 2.51. The number of nitrogens with one attached hydrogen (secondary N) is 1. The summed E-state index contributed by atoms with van der Waals surface area (Å²) < 4.78 is 1.48. The quantitative estimate of drug-likeness (QED) is 0.689. The summed E-state index contributed by atoms with van der Waals surface area (Å²) in [7, 11) is 0. The number of H-pyrrole nitrogens is 1. The number of amides is 1. The van der Waals surface area contributed by atoms with Crippen molar-refractivity contribution in [1.82, 2.24) is 15.1 Å². The normalized spacial score (nSPS) is 22.4. The van der Waals surface area contributed by atoms with Gasteiger partial charge in [-0.25, -0.2) is 0 Å². The third-order valence-corrected chi connectivity index (χ3v) is 5.33. The molecule has 18 heavy (non-hydrogen) atoms. The molecule has 1 aromatic heterocycles. The van der Waals surface area contributed by atoms with E-state index in [-0.39, 0.29) is 11.4 Å². The highest BCUT2D eigenvalue weighted by atomic mass is 32.2. The van der Waals surface area contributed by atoms with Gasteiger partial charge in [0.2, 0.25) is 5.91 Å². The molecule has 2 heterocycles. The summed E-state index contributed by atoms with van der Waals surface area (Å²) in [6.45, 7) is 7.33. The van der Waals surface area contributed by atoms with Crippen molar-refractivity contribution in [2.24, 2.45) is 5.92 Å². The number of nitrogens with zero attached hydrogens (tertiary/aromatic N) is 2. The van der Waals surface area contributed by atoms with Crippen LogP contribution < -0.4 is 0 Å². The third kappa shape index (κ3) is 3.13. The molecular weight excluding hydrogens is 286 g/mol. The highest BCUT2D eigenvalue weighted by Gasteiger charge is 2.38. The van der Waals surface area contributed by atoms with E-state index in [4.69, 9.17) is 12.2 Å². The first-order valence-electron chi connectivity index (χ1n) is 5.87. The Morgan fingerprint density at radius 2 is 2.44 bits per heavy atom. The van der Waals surface area contributed by atoms with E-state index >= 15 is 0 Å². The van der Waals surface area contributed by atoms with Crippen LogP contribution in [0.5, 0.6) is 0 Å². The van der Waals surface area contributed by atoms with Gasteiger partial charge in [0.1, 0.15) is 0 Å². The predicted octanol–water partition coefficient (Wildman–Crippen LogP) is 2.94. The van der Waals surface area contributed by atoms with Crippen molar-refractivity contribution in [1.29, 1.82) is 0 Å². The summed E-state index contributed by atoms with van der Waals surface area (Å²) in [5.41, 5.74) is -0.0186. The van der Waals surface area contributed by atoms with Gasteiger partial charge in [-0.15, -0.1) is 0 Å². The lowest BCUT2D eigenvalue weighted by molar-refractivity contribution is -0.131. The molecule has 1 fully saturated rings. The minimum absolute atomic E-state index is 0.0186. The Morgan fingerprint density at radius 3 is 2.94 bits per heavy atom. The molecule has 1 amide bonds. The van der Waals surface area contributed by atoms with E-state index in [1.54, 1.807) is 0 Å². The summed E-state index contributed by atoms with van der Waals surface area (Å²) in [5.74, 6) is 1.21. The van der Waals surface area contributed by atoms with Gasteiger partial charge in [-0.05, 0) is 38.4 Å². The summed E-state index contributed by atoms with van der Waals surface area (Å²) >= 11 is 7.83. The maximum absolute atomic E-state index is 12.2. The van der Waals surface area contributed by atoms with Gasteiger partial charge in [0, 0.05) is 12.1 Å². The zero-order valence-electron chi connectivity index (χ0n) is 10.7. The van der Waals surface area contributed by atoms with Crippen LogP contribution in [0.15, 0.2) is 4.34 Å². The Kier molecular flexibility index (Phi) is 4.13. The topological polar surface area (TPSA) is 49.0 Å². The van der Waals surface area contributed by atoms with Gasteiger partial charge in [-0.3, -0.25) is 9.89 Å². The predicted molar refractivity (Wildman–Crippen MR) is 77.6 cm³/mol. The second kappa shape index (κ2) is 5.30. The molecule has 1 saturated heterocycles. The van der Waals surface area contributed by atoms with Crippen LogP contribution in [-0.2, 0) is 4.79 Å². The Labute approximate surface area is 120 Å². The number of carbonyl (C=O) groups is 1. The minimum Gasteiger partial charge on any atom is -0.337 e. The fourth-order valence-corrected chi connectivity index (χ4v) is 4.46. The Balaban J connectivity index is 1.94. The zero-order chi connectivity index (χ0) is 13.3. The van der Waals surface area contributed by atoms with Gasteiger partial charge in [0.15, 0.2) is 8.29 Å². The number of hydrogen-bond acceptors (Lipinski definition) is 5. The van der Waals surface area contributed by atoms with Crippen molar-refractivity contribution in [2.75, 3.05) is 12.3 Å². The molecule has 1 atom stereocenters. The van der Waals surface area contributed by atoms with Crippen LogP contribution in [0.25, 0.3) is 0 Å². The van der Waals surface area contributed by atoms with Crippen molar-refractivity contribution < 1.29 is 4.79 Å². The average molecular weight is 303 g/mol. The maximum Gasteiger partial charge on any atom is 0.233 e. The monoisotopic (exact) mass is 303 g/mol. The smallest absolute Gasteiger partial charge is 0.233 e. The van der Waals surface area contributed by atoms with Crippen molar-refractivity contribution in [2.45, 2.75) is 37.1 Å². The zero-order valence-corrected chi connectivity index (χ0v) is 13.2. The number of hydrogen-bond donors (Lipinski definition) is 1. The van der Waals surface area contributed by atoms with E-state index in [9.17, 15) is 4.79 Å². The maximum atomic E-state index is 12.2. The van der Waals surface area contributed by atoms with Gasteiger partial charge >= 0.3 is 0 Å². The molecule has 100 valence electrons. The molecule has 1 N–H and O–H groups in total. The molecular formula is C11H17N3OS3. The molecule has 1 aliphatic heterocycles. The molecule has 1 aromatic rings. The molecule has 0 spiro atoms. The molecule has 0 aromatic carbocycles. The van der Waals surface area contributed by atoms with E-state index < -0.39 is 0 Å². The number of carbonyl (C=O) groups excluding carboxylic acids is 1. The second-order valence-electron chi connectivity index (χ2n) is 5.29. The summed E-state index contributed by atoms with van der Waals surface area (Å²) in [5, 5.41) is 6.77. The number of aromatic amines is 1. The van der Waals surface area contributed by atoms with Crippen LogP contribution in [0.1, 0.15) is 27.2 Å². The summed E-state index contributed by atoms with van der Waals surface area (Å²) in [6.07, 6.45) is 1.07. The highest BCUT2D eigenvalue weighted by molar-refractivity contribution is 8.01. The second-order valence-corrected chi connectivity index (χ2v) is 8.18. The molecule has 2 rings (SSSR count). The van der Waals surface area contributed by atoms with Crippen molar-refractivity contribution in [3.05, 3.63) is 3.95 Å². The third-order valence-electron chi connectivity index (χ3n) is 3.11. The first kappa shape index (κ1) is 14.0. The minimum atomic E-state index is -0.0186. The van der Waals surface area contributed by atoms with E-state index in [0.717, 1.165) is 17.3 Å². The van der Waals surface area contributed by atoms with E-state index in [1.165, 1.54) is 23.1 Å². The Morgan fingerprint density at radius 1 is 1.72 bits per heavy atom. The van der Waals surface area contributed by atoms with Crippen LogP contribution in [-0.4, -0.2) is 38.8 Å². The van der Waals surface area contributed by atoms with Gasteiger partial charge < -0.3 is 4.90 Å². The number of likely N-dealkylation sites (tertiary alicyclic amines) is 1. The summed E-state index contributed by atoms with van der Waals surface area (Å²) in [6, 6.07) is 0. The van der Waals surface area contributed by atoms with E-state index in [0.29, 0.717) is 15.6 Å². The van der Waals surface area contributed by atoms with Crippen LogP contribution in [0.4, 0.5) is 0 Å². The first-order valence-corrected chi connectivity index (χ1v) is 8.08. The van der Waals surface area contributed by atoms with Gasteiger partial charge in [0.25, 0.3) is 0 Å². The molecule has 1 aliphatic rings. The van der Waals surface area contributed by atoms with Crippen LogP contribution in [0.3, 0.4) is 0 Å². The molecule has 4 nitrogen and oxygen atoms in total. The molecule has 0 saturated carbocycles. The number of thioether (sulfide) groups is 1. The van der Waals surface area contributed by atoms with Crippen molar-refractivity contribution >= 4 is 41.2 Å². The van der Waals surface area contributed by atoms with Crippen LogP contribution in [0, 0.1) is 9.87 Å². The standard InChI is InChI=1S/C11H17N3OS3/c1-7-4-11(2,3)14(5-7)8(15)6-17-10-13-12-9(16)18-10/h7H,4-6H2,1-3H3,(H,12,16)/t7-/m0/s1. The van der Waals surface area contributed by atoms with E-state index in [2.05, 4.69) is 31.0 Å². The Hall–Kier alpha value is -0.400. The number of rotatable bonds is 3. The first-order chi connectivity index (χ1) is 8.38. The van der Waals surface area contributed by atoms with Gasteiger partial charge in [-0.2, -0.15) is 5.10 Å². The van der Waals surface area contributed by atoms with E-state index in [1.807, 2.05) is 4.90 Å². The van der Waals surface area contributed by atoms with Crippen molar-refractivity contribution in [3.63, 3.8) is 0 Å². The van der Waals surface area contributed by atoms with Gasteiger partial charge in [-0.1, -0.05) is 30.0 Å². The lowest BCUT2D eigenvalue weighted by Gasteiger charge is -2.31. The van der Waals surface area contributed by atoms with Crippen molar-refractivity contribution in [3.8, 4) is 0 Å². The molecule has 0 radical (unpaired) electrons. The molecule has 0 bridgehead atoms. The molecule has 7 heteroatoms. The highest BCUT2D eigenvalue weighted by Crippen LogP contribution is 2.33. The largest absolute Gasteiger partial charge is 0.337 e. The van der Waals surface area contributed by atoms with Crippen LogP contribution in [0.2, 0.25) is 0 Å². The summed E-state index contributed by atoms with van der Waals surface area (Å²) in [4.78, 5) is 14.2. The SMILES string of the molecule is C[C@@H]1CN(C(=O)CSc2n[nH]c(=S)s2)C(C)(C)C1. The number of aromatic nitrogens is 2. The van der Waals surface area contributed by atoms with Crippen LogP contribution >= 0.6 is 35.3 Å². The lowest BCUT2D eigenvalue weighted by Crippen LogP contribution is -2.43. The fraction of sp³-hybridized carbons (Fsp3) is 0.727. The molecule has 0 unspecified atom stereocenters. The lowest BCUT2D eigenvalue weighted by atomic mass is 9.98. The van der Waals surface area contributed by atoms with Gasteiger partial charge in [0.05, 0.1) is 5.75 Å². The Bertz CT molecular complexity index is 494. The molecule has 0 aliphatic carbocycles.